The number of carbonyl (C=O) groups is 2. The molecule has 2 atom stereocenters. The molecule has 0 radical (unpaired) electrons. The maximum atomic E-state index is 14.7. The van der Waals surface area contributed by atoms with E-state index in [-0.39, 0.29) is 42.4 Å². The van der Waals surface area contributed by atoms with Crippen LogP contribution in [0.3, 0.4) is 0 Å². The zero-order valence-electron chi connectivity index (χ0n) is 31.0. The Hall–Kier alpha value is -4.34. The number of halogens is 3. The summed E-state index contributed by atoms with van der Waals surface area (Å²) in [7, 11) is -1.39. The van der Waals surface area contributed by atoms with Crippen LogP contribution >= 0.6 is 11.6 Å². The Labute approximate surface area is 308 Å². The molecule has 0 saturated carbocycles. The Morgan fingerprint density at radius 1 is 1.04 bits per heavy atom. The van der Waals surface area contributed by atoms with Crippen LogP contribution in [0.25, 0.3) is 22.3 Å². The van der Waals surface area contributed by atoms with E-state index in [1.165, 1.54) is 4.68 Å². The van der Waals surface area contributed by atoms with E-state index in [9.17, 15) is 18.4 Å². The fraction of sp³-hybridized carbons (Fsp3) is 0.472. The zero-order chi connectivity index (χ0) is 38.4. The van der Waals surface area contributed by atoms with Crippen molar-refractivity contribution in [3.05, 3.63) is 59.1 Å². The quantitative estimate of drug-likeness (QED) is 0.0690. The van der Waals surface area contributed by atoms with Crippen LogP contribution in [0.4, 0.5) is 19.4 Å². The van der Waals surface area contributed by atoms with E-state index in [4.69, 9.17) is 35.6 Å². The highest BCUT2D eigenvalue weighted by atomic mass is 35.5. The third-order valence-electron chi connectivity index (χ3n) is 7.47. The van der Waals surface area contributed by atoms with Gasteiger partial charge in [0.2, 0.25) is 0 Å². The van der Waals surface area contributed by atoms with E-state index in [1.54, 1.807) is 59.7 Å². The molecule has 12 nitrogen and oxygen atoms in total. The number of hydrogen-bond acceptors (Lipinski definition) is 10. The summed E-state index contributed by atoms with van der Waals surface area (Å²) in [5.74, 6) is -2.76. The van der Waals surface area contributed by atoms with Crippen molar-refractivity contribution in [3.8, 4) is 23.0 Å². The molecule has 0 spiro atoms. The fourth-order valence-corrected chi connectivity index (χ4v) is 5.81. The number of nitrogens with one attached hydrogen (secondary N) is 2. The van der Waals surface area contributed by atoms with Gasteiger partial charge in [0.15, 0.2) is 17.2 Å². The number of ether oxygens (including phenoxy) is 4. The Kier molecular flexibility index (Phi) is 13.2. The number of aromatic nitrogens is 4. The monoisotopic (exact) mass is 760 g/mol. The summed E-state index contributed by atoms with van der Waals surface area (Å²) in [5.41, 5.74) is 0.552. The van der Waals surface area contributed by atoms with Gasteiger partial charge in [-0.1, -0.05) is 63.3 Å². The molecule has 0 unspecified atom stereocenters. The normalized spacial score (nSPS) is 13.2. The number of rotatable bonds is 15. The lowest BCUT2D eigenvalue weighted by molar-refractivity contribution is -0.151. The lowest BCUT2D eigenvalue weighted by Gasteiger charge is -2.26. The van der Waals surface area contributed by atoms with E-state index in [0.717, 1.165) is 18.2 Å². The molecule has 0 aliphatic heterocycles. The largest absolute Gasteiger partial charge is 0.459 e. The summed E-state index contributed by atoms with van der Waals surface area (Å²) in [5, 5.41) is 11.5. The molecule has 2 aromatic carbocycles. The molecule has 2 heterocycles. The highest BCUT2D eigenvalue weighted by Gasteiger charge is 2.30. The molecule has 0 aliphatic carbocycles. The van der Waals surface area contributed by atoms with Crippen molar-refractivity contribution >= 4 is 48.6 Å². The average Bonchev–Trinajstić information content (AvgIpc) is 3.39. The Bertz CT molecular complexity index is 1880. The lowest BCUT2D eigenvalue weighted by Crippen LogP contribution is -2.48. The van der Waals surface area contributed by atoms with Crippen LogP contribution in [-0.4, -0.2) is 70.8 Å². The van der Waals surface area contributed by atoms with Gasteiger partial charge in [0.25, 0.3) is 0 Å². The summed E-state index contributed by atoms with van der Waals surface area (Å²) in [6.45, 7) is 17.7. The SMILES string of the molecule is CC(C)[C@H](NC(=O)OC(C)(C)C)C(=O)O[C@@H](C)CNc1nc(Oc2ccc(F)cc2F)nc2c1c(-c1ccccc1Cl)nn2COCC[Si](C)(C)C. The number of hydrogen-bond donors (Lipinski definition) is 2. The van der Waals surface area contributed by atoms with Crippen LogP contribution < -0.4 is 15.4 Å². The average molecular weight is 761 g/mol. The van der Waals surface area contributed by atoms with Gasteiger partial charge in [-0.15, -0.1) is 0 Å². The van der Waals surface area contributed by atoms with Gasteiger partial charge in [-0.2, -0.15) is 15.1 Å². The summed E-state index contributed by atoms with van der Waals surface area (Å²) < 4.78 is 52.7. The van der Waals surface area contributed by atoms with E-state index in [0.29, 0.717) is 34.3 Å². The summed E-state index contributed by atoms with van der Waals surface area (Å²) in [4.78, 5) is 34.8. The number of nitrogens with zero attached hydrogens (tertiary/aromatic N) is 4. The van der Waals surface area contributed by atoms with Gasteiger partial charge >= 0.3 is 18.1 Å². The topological polar surface area (TPSA) is 139 Å². The predicted octanol–water partition coefficient (Wildman–Crippen LogP) is 8.42. The molecule has 2 N–H and O–H groups in total. The van der Waals surface area contributed by atoms with Gasteiger partial charge in [-0.3, -0.25) is 0 Å². The maximum absolute atomic E-state index is 14.7. The standard InChI is InChI=1S/C36H47ClF2N6O6Si/c1-21(2)29(41-35(47)51-36(4,5)6)33(46)49-22(3)19-40-31-28-30(24-12-10-11-13-25(24)37)44-45(20-48-16-17-52(7,8)9)32(28)43-34(42-31)50-27-15-14-23(38)18-26(27)39/h10-15,18,21-22,29H,16-17,19-20H2,1-9H3,(H,41,47)(H,40,42,43)/t22-,29-/m0/s1. The molecule has 4 aromatic rings. The molecule has 4 rings (SSSR count). The van der Waals surface area contributed by atoms with Crippen LogP contribution in [-0.2, 0) is 25.7 Å². The van der Waals surface area contributed by atoms with Crippen LogP contribution in [0, 0.1) is 17.6 Å². The Balaban J connectivity index is 1.70. The Morgan fingerprint density at radius 2 is 1.75 bits per heavy atom. The number of benzene rings is 2. The van der Waals surface area contributed by atoms with Crippen molar-refractivity contribution in [2.45, 2.75) is 91.7 Å². The smallest absolute Gasteiger partial charge is 0.408 e. The Morgan fingerprint density at radius 3 is 2.38 bits per heavy atom. The van der Waals surface area contributed by atoms with Crippen LogP contribution in [0.15, 0.2) is 42.5 Å². The molecule has 2 aromatic heterocycles. The minimum atomic E-state index is -1.39. The second-order valence-corrected chi connectivity index (χ2v) is 20.9. The highest BCUT2D eigenvalue weighted by Crippen LogP contribution is 2.37. The molecule has 0 bridgehead atoms. The van der Waals surface area contributed by atoms with E-state index in [1.807, 2.05) is 6.07 Å². The van der Waals surface area contributed by atoms with Crippen molar-refractivity contribution in [3.63, 3.8) is 0 Å². The minimum Gasteiger partial charge on any atom is -0.459 e. The van der Waals surface area contributed by atoms with Gasteiger partial charge in [-0.25, -0.2) is 23.1 Å². The zero-order valence-corrected chi connectivity index (χ0v) is 32.7. The molecule has 0 saturated heterocycles. The van der Waals surface area contributed by atoms with E-state index < -0.39 is 49.5 Å². The summed E-state index contributed by atoms with van der Waals surface area (Å²) >= 11 is 6.65. The van der Waals surface area contributed by atoms with Crippen molar-refractivity contribution in [2.75, 3.05) is 18.5 Å². The van der Waals surface area contributed by atoms with Crippen molar-refractivity contribution in [2.24, 2.45) is 5.92 Å². The van der Waals surface area contributed by atoms with Crippen molar-refractivity contribution in [1.82, 2.24) is 25.1 Å². The molecule has 52 heavy (non-hydrogen) atoms. The van der Waals surface area contributed by atoms with E-state index in [2.05, 4.69) is 40.2 Å². The van der Waals surface area contributed by atoms with Crippen molar-refractivity contribution < 1.29 is 37.3 Å². The number of anilines is 1. The first kappa shape index (κ1) is 40.4. The van der Waals surface area contributed by atoms with Gasteiger partial charge in [0.05, 0.1) is 17.0 Å². The van der Waals surface area contributed by atoms with Gasteiger partial charge in [0, 0.05) is 26.3 Å². The highest BCUT2D eigenvalue weighted by molar-refractivity contribution is 6.76. The van der Waals surface area contributed by atoms with Crippen LogP contribution in [0.5, 0.6) is 11.8 Å². The maximum Gasteiger partial charge on any atom is 0.408 e. The van der Waals surface area contributed by atoms with E-state index >= 15 is 0 Å². The first-order valence-corrected chi connectivity index (χ1v) is 21.1. The number of esters is 1. The molecule has 0 aliphatic rings. The fourth-order valence-electron chi connectivity index (χ4n) is 4.83. The van der Waals surface area contributed by atoms with Gasteiger partial charge in [-0.05, 0) is 57.9 Å². The van der Waals surface area contributed by atoms with Gasteiger partial charge < -0.3 is 29.6 Å². The molecular formula is C36H47ClF2N6O6Si. The summed E-state index contributed by atoms with van der Waals surface area (Å²) in [6, 6.07) is 9.71. The summed E-state index contributed by atoms with van der Waals surface area (Å²) in [6.07, 6.45) is -1.47. The number of fused-ring (bicyclic) bond motifs is 1. The van der Waals surface area contributed by atoms with Gasteiger partial charge in [0.1, 0.15) is 41.8 Å². The molecule has 0 fully saturated rings. The third kappa shape index (κ3) is 11.3. The lowest BCUT2D eigenvalue weighted by atomic mass is 10.1. The predicted molar refractivity (Wildman–Crippen MR) is 198 cm³/mol. The van der Waals surface area contributed by atoms with Crippen molar-refractivity contribution in [1.29, 1.82) is 0 Å². The number of carbonyl (C=O) groups excluding carboxylic acids is 2. The first-order valence-electron chi connectivity index (χ1n) is 17.0. The second kappa shape index (κ2) is 17.0. The minimum absolute atomic E-state index is 0.0293. The molecule has 16 heteroatoms. The van der Waals surface area contributed by atoms with Crippen LogP contribution in [0.2, 0.25) is 30.7 Å². The third-order valence-corrected chi connectivity index (χ3v) is 9.51. The molecular weight excluding hydrogens is 714 g/mol. The number of amides is 1. The first-order chi connectivity index (χ1) is 24.3. The number of alkyl carbamates (subject to hydrolysis) is 1. The second-order valence-electron chi connectivity index (χ2n) is 14.9. The molecule has 1 amide bonds. The molecule has 282 valence electrons. The van der Waals surface area contributed by atoms with Crippen LogP contribution in [0.1, 0.15) is 41.5 Å².